The molecule has 5 aromatic heterocycles. The molecule has 0 fully saturated rings. The van der Waals surface area contributed by atoms with E-state index in [9.17, 15) is 6.57 Å². The number of rotatable bonds is 12. The fourth-order valence-electron chi connectivity index (χ4n) is 16.5. The molecule has 16 aromatic carbocycles. The zero-order chi connectivity index (χ0) is 71.3. The Morgan fingerprint density at radius 1 is 0.222 bits per heavy atom. The first-order valence-electron chi connectivity index (χ1n) is 36.4. The lowest BCUT2D eigenvalue weighted by molar-refractivity contribution is 0.667. The molecule has 0 N–H and O–H groups in total. The second-order valence-corrected chi connectivity index (χ2v) is 27.6. The van der Waals surface area contributed by atoms with Gasteiger partial charge in [-0.1, -0.05) is 291 Å². The van der Waals surface area contributed by atoms with Gasteiger partial charge in [-0.15, -0.1) is 0 Å². The third-order valence-electron chi connectivity index (χ3n) is 21.5. The first-order valence-corrected chi connectivity index (χ1v) is 36.4. The minimum atomic E-state index is 0.379. The summed E-state index contributed by atoms with van der Waals surface area (Å²) in [4.78, 5) is 21.2. The molecule has 502 valence electrons. The number of fused-ring (bicyclic) bond motifs is 12. The van der Waals surface area contributed by atoms with Crippen molar-refractivity contribution in [2.24, 2.45) is 0 Å². The van der Waals surface area contributed by atoms with Crippen molar-refractivity contribution in [3.05, 3.63) is 381 Å². The molecule has 0 atom stereocenters. The molecule has 21 aromatic rings. The van der Waals surface area contributed by atoms with Gasteiger partial charge in [0.05, 0.1) is 67.7 Å². The standard InChI is InChI=1S/C100H61N7O/c1-101-92-94(106-87-53-47-73(65-31-14-4-15-32-65)59-81(87)82-60-74(48-54-88(82)106)66-33-16-5-17-34-66)93(105-85-51-45-71(63-27-10-2-11-28-63)57-79(85)80-58-72(46-52-86(80)105)64-29-12-3-13-30-64)91-77-43-26-44-78(100-103-98(69-39-22-8-23-40-69)102-99(104-100)70-41-24-9-25-42-70)96(77)108-97(91)95(92)107-89-55-49-75(67-35-18-6-19-36-67)61-83(89)84-62-76(50-56-90(84)107)68-37-20-7-21-38-68/h2-62H. The Hall–Kier alpha value is -14.8. The molecule has 0 unspecified atom stereocenters. The summed E-state index contributed by atoms with van der Waals surface area (Å²) >= 11 is 0. The van der Waals surface area contributed by atoms with E-state index in [0.29, 0.717) is 51.3 Å². The minimum absolute atomic E-state index is 0.379. The Morgan fingerprint density at radius 2 is 0.491 bits per heavy atom. The Morgan fingerprint density at radius 3 is 0.787 bits per heavy atom. The third-order valence-corrected chi connectivity index (χ3v) is 21.5. The molecular formula is C100H61N7O. The van der Waals surface area contributed by atoms with Crippen LogP contribution in [0.5, 0.6) is 0 Å². The lowest BCUT2D eigenvalue weighted by Gasteiger charge is -2.23. The summed E-state index contributed by atoms with van der Waals surface area (Å²) in [5.74, 6) is 1.48. The molecule has 0 spiro atoms. The highest BCUT2D eigenvalue weighted by Gasteiger charge is 2.34. The molecule has 0 aliphatic heterocycles. The number of aromatic nitrogens is 6. The second-order valence-electron chi connectivity index (χ2n) is 27.6. The molecule has 0 saturated carbocycles. The van der Waals surface area contributed by atoms with Crippen molar-refractivity contribution in [2.75, 3.05) is 0 Å². The van der Waals surface area contributed by atoms with E-state index in [1.165, 1.54) is 0 Å². The number of hydrogen-bond acceptors (Lipinski definition) is 4. The summed E-state index contributed by atoms with van der Waals surface area (Å²) in [5, 5.41) is 7.79. The van der Waals surface area contributed by atoms with Gasteiger partial charge in [0.15, 0.2) is 23.1 Å². The average molecular weight is 1380 g/mol. The molecule has 0 aliphatic carbocycles. The maximum absolute atomic E-state index is 10.5. The van der Waals surface area contributed by atoms with Gasteiger partial charge in [0, 0.05) is 48.8 Å². The molecule has 8 heteroatoms. The maximum Gasteiger partial charge on any atom is 0.239 e. The summed E-state index contributed by atoms with van der Waals surface area (Å²) in [6.07, 6.45) is 0. The highest BCUT2D eigenvalue weighted by molar-refractivity contribution is 6.25. The van der Waals surface area contributed by atoms with Crippen molar-refractivity contribution in [2.45, 2.75) is 0 Å². The topological polar surface area (TPSA) is 71.0 Å². The van der Waals surface area contributed by atoms with Crippen LogP contribution in [0.1, 0.15) is 0 Å². The largest absolute Gasteiger partial charge is 0.454 e. The molecule has 0 saturated heterocycles. The lowest BCUT2D eigenvalue weighted by atomic mass is 10.0. The van der Waals surface area contributed by atoms with Gasteiger partial charge in [-0.2, -0.15) is 0 Å². The van der Waals surface area contributed by atoms with Crippen molar-refractivity contribution in [3.8, 4) is 118 Å². The van der Waals surface area contributed by atoms with Crippen LogP contribution >= 0.6 is 0 Å². The first kappa shape index (κ1) is 61.8. The number of para-hydroxylation sites is 1. The van der Waals surface area contributed by atoms with E-state index < -0.39 is 0 Å². The first-order chi connectivity index (χ1) is 53.5. The van der Waals surface area contributed by atoms with Gasteiger partial charge in [-0.25, -0.2) is 19.8 Å². The van der Waals surface area contributed by atoms with Crippen molar-refractivity contribution >= 4 is 93.0 Å². The smallest absolute Gasteiger partial charge is 0.239 e. The Kier molecular flexibility index (Phi) is 14.5. The van der Waals surface area contributed by atoms with Gasteiger partial charge < -0.3 is 18.1 Å². The summed E-state index contributed by atoms with van der Waals surface area (Å²) in [6.45, 7) is 10.5. The number of nitrogens with zero attached hydrogens (tertiary/aromatic N) is 7. The molecule has 5 heterocycles. The van der Waals surface area contributed by atoms with E-state index in [0.717, 1.165) is 160 Å². The predicted molar refractivity (Wildman–Crippen MR) is 445 cm³/mol. The van der Waals surface area contributed by atoms with Gasteiger partial charge in [0.1, 0.15) is 5.58 Å². The number of hydrogen-bond donors (Lipinski definition) is 0. The second kappa shape index (κ2) is 25.3. The van der Waals surface area contributed by atoms with Crippen molar-refractivity contribution < 1.29 is 4.42 Å². The fourth-order valence-corrected chi connectivity index (χ4v) is 16.5. The SMILES string of the molecule is [C-]#[N+]c1c(-n2c3ccc(-c4ccccc4)cc3c3cc(-c4ccccc4)ccc32)c(-n2c3ccc(-c4ccccc4)cc3c3cc(-c4ccccc4)ccc32)c2c(oc3c(-c4nc(-c5ccccc5)nc(-c5ccccc5)n4)cccc32)c1-n1c2ccc(-c3ccccc3)cc2c2cc(-c3ccccc3)ccc21. The molecule has 21 rings (SSSR count). The van der Waals surface area contributed by atoms with Crippen LogP contribution in [0.15, 0.2) is 374 Å². The van der Waals surface area contributed by atoms with Crippen molar-refractivity contribution in [1.82, 2.24) is 28.7 Å². The highest BCUT2D eigenvalue weighted by atomic mass is 16.3. The van der Waals surface area contributed by atoms with Gasteiger partial charge in [-0.3, -0.25) is 0 Å². The van der Waals surface area contributed by atoms with Crippen molar-refractivity contribution in [1.29, 1.82) is 0 Å². The van der Waals surface area contributed by atoms with Crippen LogP contribution in [-0.2, 0) is 0 Å². The van der Waals surface area contributed by atoms with E-state index in [1.54, 1.807) is 0 Å². The monoisotopic (exact) mass is 1380 g/mol. The van der Waals surface area contributed by atoms with Gasteiger partial charge in [0.25, 0.3) is 0 Å². The normalized spacial score (nSPS) is 11.7. The molecule has 0 amide bonds. The summed E-state index contributed by atoms with van der Waals surface area (Å²) in [5.41, 5.74) is 24.4. The van der Waals surface area contributed by atoms with E-state index in [-0.39, 0.29) is 0 Å². The zero-order valence-electron chi connectivity index (χ0n) is 58.3. The average Bonchev–Trinajstić information content (AvgIpc) is 1.52. The van der Waals surface area contributed by atoms with Crippen molar-refractivity contribution in [3.63, 3.8) is 0 Å². The van der Waals surface area contributed by atoms with Crippen LogP contribution in [0.4, 0.5) is 5.69 Å². The summed E-state index contributed by atoms with van der Waals surface area (Å²) in [6, 6.07) is 131. The zero-order valence-corrected chi connectivity index (χ0v) is 58.3. The Balaban J connectivity index is 0.984. The molecule has 108 heavy (non-hydrogen) atoms. The van der Waals surface area contributed by atoms with Gasteiger partial charge in [-0.05, 0) is 146 Å². The highest BCUT2D eigenvalue weighted by Crippen LogP contribution is 2.55. The van der Waals surface area contributed by atoms with E-state index in [2.05, 4.69) is 323 Å². The van der Waals surface area contributed by atoms with Crippen LogP contribution in [0, 0.1) is 6.57 Å². The maximum atomic E-state index is 10.5. The molecule has 0 aliphatic rings. The molecule has 8 nitrogen and oxygen atoms in total. The Labute approximate surface area is 621 Å². The molecule has 0 bridgehead atoms. The molecule has 0 radical (unpaired) electrons. The van der Waals surface area contributed by atoms with Crippen LogP contribution in [0.3, 0.4) is 0 Å². The van der Waals surface area contributed by atoms with E-state index >= 15 is 0 Å². The van der Waals surface area contributed by atoms with Crippen LogP contribution in [0.25, 0.3) is 210 Å². The van der Waals surface area contributed by atoms with Gasteiger partial charge >= 0.3 is 0 Å². The van der Waals surface area contributed by atoms with E-state index in [1.807, 2.05) is 60.7 Å². The number of benzene rings is 16. The van der Waals surface area contributed by atoms with Crippen LogP contribution < -0.4 is 0 Å². The third kappa shape index (κ3) is 10.1. The predicted octanol–water partition coefficient (Wildman–Crippen LogP) is 26.6. The van der Waals surface area contributed by atoms with Crippen LogP contribution in [0.2, 0.25) is 0 Å². The fraction of sp³-hybridized carbons (Fsp3) is 0. The lowest BCUT2D eigenvalue weighted by Crippen LogP contribution is -2.08. The summed E-state index contributed by atoms with van der Waals surface area (Å²) < 4.78 is 15.3. The van der Waals surface area contributed by atoms with Gasteiger partial charge in [0.2, 0.25) is 5.69 Å². The number of furan rings is 1. The summed E-state index contributed by atoms with van der Waals surface area (Å²) in [7, 11) is 0. The Bertz CT molecular complexity index is 6840. The minimum Gasteiger partial charge on any atom is -0.454 e. The van der Waals surface area contributed by atoms with Crippen LogP contribution in [-0.4, -0.2) is 28.7 Å². The molecular weight excluding hydrogens is 1320 g/mol. The quantitative estimate of drug-likeness (QED) is 0.114. The van der Waals surface area contributed by atoms with E-state index in [4.69, 9.17) is 24.2 Å².